The Kier molecular flexibility index (Phi) is 4.62. The summed E-state index contributed by atoms with van der Waals surface area (Å²) in [6.07, 6.45) is 4.91. The van der Waals surface area contributed by atoms with Crippen molar-refractivity contribution in [1.82, 2.24) is 9.80 Å². The zero-order chi connectivity index (χ0) is 17.2. The summed E-state index contributed by atoms with van der Waals surface area (Å²) >= 11 is 0. The van der Waals surface area contributed by atoms with E-state index in [-0.39, 0.29) is 5.91 Å². The first-order chi connectivity index (χ1) is 12.3. The molecule has 0 bridgehead atoms. The maximum atomic E-state index is 12.7. The monoisotopic (exact) mass is 338 g/mol. The number of rotatable bonds is 4. The van der Waals surface area contributed by atoms with E-state index < -0.39 is 0 Å². The van der Waals surface area contributed by atoms with Crippen molar-refractivity contribution in [2.24, 2.45) is 0 Å². The molecule has 1 saturated heterocycles. The third-order valence-electron chi connectivity index (χ3n) is 5.70. The van der Waals surface area contributed by atoms with Crippen molar-refractivity contribution in [2.45, 2.75) is 38.3 Å². The molecule has 1 amide bonds. The summed E-state index contributed by atoms with van der Waals surface area (Å²) in [6, 6.07) is 13.0. The predicted molar refractivity (Wildman–Crippen MR) is 99.7 cm³/mol. The number of methoxy groups -OCH3 is 1. The van der Waals surface area contributed by atoms with Crippen LogP contribution in [0.2, 0.25) is 0 Å². The molecule has 0 atom stereocenters. The van der Waals surface area contributed by atoms with Crippen molar-refractivity contribution in [3.8, 4) is 5.75 Å². The van der Waals surface area contributed by atoms with Crippen LogP contribution in [0.5, 0.6) is 5.75 Å². The van der Waals surface area contributed by atoms with Crippen LogP contribution >= 0.6 is 0 Å². The van der Waals surface area contributed by atoms with Crippen molar-refractivity contribution in [3.05, 3.63) is 42.0 Å². The zero-order valence-corrected chi connectivity index (χ0v) is 14.9. The fourth-order valence-corrected chi connectivity index (χ4v) is 4.37. The van der Waals surface area contributed by atoms with Gasteiger partial charge in [-0.15, -0.1) is 0 Å². The molecular formula is C21H26N2O2. The maximum Gasteiger partial charge on any atom is 0.237 e. The van der Waals surface area contributed by atoms with Crippen LogP contribution in [0.3, 0.4) is 0 Å². The lowest BCUT2D eigenvalue weighted by Crippen LogP contribution is -2.53. The summed E-state index contributed by atoms with van der Waals surface area (Å²) in [5, 5.41) is 2.43. The number of carbonyl (C=O) groups is 1. The Hall–Kier alpha value is -2.07. The second-order valence-electron chi connectivity index (χ2n) is 7.20. The van der Waals surface area contributed by atoms with Crippen molar-refractivity contribution in [1.29, 1.82) is 0 Å². The number of piperazine rings is 1. The highest BCUT2D eigenvalue weighted by Gasteiger charge is 2.31. The Morgan fingerprint density at radius 3 is 2.64 bits per heavy atom. The SMILES string of the molecule is COc1ccc2ccccc2c1CN1CCN(C2CCCC2)C(=O)C1. The molecule has 2 fully saturated rings. The van der Waals surface area contributed by atoms with Crippen molar-refractivity contribution >= 4 is 16.7 Å². The lowest BCUT2D eigenvalue weighted by Gasteiger charge is -2.38. The summed E-state index contributed by atoms with van der Waals surface area (Å²) in [5.74, 6) is 1.20. The normalized spacial score (nSPS) is 19.7. The number of amides is 1. The van der Waals surface area contributed by atoms with Crippen molar-refractivity contribution in [3.63, 3.8) is 0 Å². The zero-order valence-electron chi connectivity index (χ0n) is 14.9. The van der Waals surface area contributed by atoms with Crippen LogP contribution in [0.1, 0.15) is 31.2 Å². The van der Waals surface area contributed by atoms with Gasteiger partial charge in [0.1, 0.15) is 5.75 Å². The fourth-order valence-electron chi connectivity index (χ4n) is 4.37. The van der Waals surface area contributed by atoms with Crippen LogP contribution in [0.15, 0.2) is 36.4 Å². The van der Waals surface area contributed by atoms with E-state index in [4.69, 9.17) is 4.74 Å². The number of hydrogen-bond acceptors (Lipinski definition) is 3. The number of carbonyl (C=O) groups excluding carboxylic acids is 1. The minimum Gasteiger partial charge on any atom is -0.496 e. The maximum absolute atomic E-state index is 12.7. The van der Waals surface area contributed by atoms with Crippen molar-refractivity contribution < 1.29 is 9.53 Å². The van der Waals surface area contributed by atoms with Crippen LogP contribution in [0, 0.1) is 0 Å². The van der Waals surface area contributed by atoms with Gasteiger partial charge in [0.05, 0.1) is 13.7 Å². The Bertz CT molecular complexity index is 768. The highest BCUT2D eigenvalue weighted by atomic mass is 16.5. The van der Waals surface area contributed by atoms with Crippen LogP contribution < -0.4 is 4.74 Å². The first kappa shape index (κ1) is 16.4. The Balaban J connectivity index is 1.53. The van der Waals surface area contributed by atoms with Gasteiger partial charge in [-0.1, -0.05) is 43.2 Å². The van der Waals surface area contributed by atoms with Gasteiger partial charge in [0.15, 0.2) is 0 Å². The topological polar surface area (TPSA) is 32.8 Å². The molecule has 2 aromatic carbocycles. The molecule has 2 aromatic rings. The molecule has 1 saturated carbocycles. The molecule has 0 aromatic heterocycles. The third-order valence-corrected chi connectivity index (χ3v) is 5.70. The summed E-state index contributed by atoms with van der Waals surface area (Å²) in [5.41, 5.74) is 1.18. The van der Waals surface area contributed by atoms with Gasteiger partial charge >= 0.3 is 0 Å². The Morgan fingerprint density at radius 2 is 1.88 bits per heavy atom. The molecule has 4 heteroatoms. The average Bonchev–Trinajstić information content (AvgIpc) is 3.16. The summed E-state index contributed by atoms with van der Waals surface area (Å²) in [6.45, 7) is 3.07. The van der Waals surface area contributed by atoms with Gasteiger partial charge in [0, 0.05) is 31.2 Å². The summed E-state index contributed by atoms with van der Waals surface area (Å²) in [7, 11) is 1.72. The lowest BCUT2D eigenvalue weighted by atomic mass is 10.0. The lowest BCUT2D eigenvalue weighted by molar-refractivity contribution is -0.138. The molecule has 1 aliphatic carbocycles. The van der Waals surface area contributed by atoms with Gasteiger partial charge in [-0.25, -0.2) is 0 Å². The Labute approximate surface area is 149 Å². The molecule has 2 aliphatic rings. The van der Waals surface area contributed by atoms with Gasteiger partial charge in [0.25, 0.3) is 0 Å². The first-order valence-electron chi connectivity index (χ1n) is 9.32. The second kappa shape index (κ2) is 7.04. The van der Waals surface area contributed by atoms with Gasteiger partial charge in [-0.2, -0.15) is 0 Å². The van der Waals surface area contributed by atoms with Gasteiger partial charge in [0.2, 0.25) is 5.91 Å². The number of hydrogen-bond donors (Lipinski definition) is 0. The number of ether oxygens (including phenoxy) is 1. The van der Waals surface area contributed by atoms with Crippen LogP contribution in [0.4, 0.5) is 0 Å². The number of fused-ring (bicyclic) bond motifs is 1. The highest BCUT2D eigenvalue weighted by molar-refractivity contribution is 5.88. The average molecular weight is 338 g/mol. The molecule has 0 radical (unpaired) electrons. The predicted octanol–water partition coefficient (Wildman–Crippen LogP) is 3.44. The minimum absolute atomic E-state index is 0.289. The van der Waals surface area contributed by atoms with E-state index >= 15 is 0 Å². The standard InChI is InChI=1S/C21H26N2O2/c1-25-20-11-10-16-6-2-5-9-18(16)19(20)14-22-12-13-23(21(24)15-22)17-7-3-4-8-17/h2,5-6,9-11,17H,3-4,7-8,12-15H2,1H3. The number of nitrogens with zero attached hydrogens (tertiary/aromatic N) is 2. The van der Waals surface area contributed by atoms with E-state index in [9.17, 15) is 4.79 Å². The molecule has 1 aliphatic heterocycles. The van der Waals surface area contributed by atoms with Crippen LogP contribution in [0.25, 0.3) is 10.8 Å². The van der Waals surface area contributed by atoms with Gasteiger partial charge in [-0.3, -0.25) is 9.69 Å². The molecule has 132 valence electrons. The van der Waals surface area contributed by atoms with E-state index in [1.807, 2.05) is 6.07 Å². The van der Waals surface area contributed by atoms with Crippen molar-refractivity contribution in [2.75, 3.05) is 26.7 Å². The number of benzene rings is 2. The van der Waals surface area contributed by atoms with Crippen LogP contribution in [-0.2, 0) is 11.3 Å². The smallest absolute Gasteiger partial charge is 0.237 e. The van der Waals surface area contributed by atoms with E-state index in [0.29, 0.717) is 12.6 Å². The minimum atomic E-state index is 0.289. The van der Waals surface area contributed by atoms with Gasteiger partial charge < -0.3 is 9.64 Å². The Morgan fingerprint density at radius 1 is 1.08 bits per heavy atom. The van der Waals surface area contributed by atoms with E-state index in [2.05, 4.69) is 40.1 Å². The van der Waals surface area contributed by atoms with Crippen LogP contribution in [-0.4, -0.2) is 48.5 Å². The first-order valence-corrected chi connectivity index (χ1v) is 9.32. The molecule has 4 rings (SSSR count). The molecule has 25 heavy (non-hydrogen) atoms. The third kappa shape index (κ3) is 3.23. The van der Waals surface area contributed by atoms with Gasteiger partial charge in [-0.05, 0) is 29.7 Å². The van der Waals surface area contributed by atoms with E-state index in [0.717, 1.165) is 25.4 Å². The van der Waals surface area contributed by atoms with E-state index in [1.54, 1.807) is 7.11 Å². The molecule has 0 N–H and O–H groups in total. The largest absolute Gasteiger partial charge is 0.496 e. The molecule has 0 spiro atoms. The fraction of sp³-hybridized carbons (Fsp3) is 0.476. The summed E-state index contributed by atoms with van der Waals surface area (Å²) in [4.78, 5) is 17.0. The quantitative estimate of drug-likeness (QED) is 0.856. The van der Waals surface area contributed by atoms with E-state index in [1.165, 1.54) is 42.0 Å². The highest BCUT2D eigenvalue weighted by Crippen LogP contribution is 2.30. The molecule has 0 unspecified atom stereocenters. The summed E-state index contributed by atoms with van der Waals surface area (Å²) < 4.78 is 5.60. The second-order valence-corrected chi connectivity index (χ2v) is 7.20. The molecular weight excluding hydrogens is 312 g/mol. The molecule has 4 nitrogen and oxygen atoms in total. The molecule has 1 heterocycles.